The molecular weight excluding hydrogens is 673 g/mol. The Morgan fingerprint density at radius 1 is 0.400 bits per heavy atom. The molecule has 0 N–H and O–H groups in total. The smallest absolute Gasteiger partial charge is 0.145 e. The number of rotatable bonds is 4. The van der Waals surface area contributed by atoms with E-state index in [0.717, 1.165) is 88.4 Å². The molecule has 0 aliphatic rings. The molecule has 8 aromatic carbocycles. The van der Waals surface area contributed by atoms with Crippen molar-refractivity contribution in [2.45, 2.75) is 0 Å². The maximum absolute atomic E-state index is 10.3. The van der Waals surface area contributed by atoms with Gasteiger partial charge in [0.05, 0.1) is 50.7 Å². The molecule has 11 aromatic rings. The first kappa shape index (κ1) is 30.7. The van der Waals surface area contributed by atoms with Crippen molar-refractivity contribution in [3.05, 3.63) is 181 Å². The van der Waals surface area contributed by atoms with Crippen molar-refractivity contribution in [3.8, 4) is 45.8 Å². The minimum Gasteiger partial charge on any atom is -0.455 e. The Kier molecular flexibility index (Phi) is 6.61. The van der Waals surface area contributed by atoms with Crippen LogP contribution in [0.3, 0.4) is 0 Å². The molecule has 3 aromatic heterocycles. The van der Waals surface area contributed by atoms with Crippen molar-refractivity contribution in [1.29, 1.82) is 10.5 Å². The van der Waals surface area contributed by atoms with Crippen molar-refractivity contribution in [3.63, 3.8) is 0 Å². The van der Waals surface area contributed by atoms with Gasteiger partial charge in [0.2, 0.25) is 0 Å². The Balaban J connectivity index is 1.11. The van der Waals surface area contributed by atoms with Crippen LogP contribution in [0.15, 0.2) is 174 Å². The maximum Gasteiger partial charge on any atom is 0.145 e. The van der Waals surface area contributed by atoms with Gasteiger partial charge in [-0.1, -0.05) is 91.0 Å². The van der Waals surface area contributed by atoms with Gasteiger partial charge in [-0.25, -0.2) is 0 Å². The van der Waals surface area contributed by atoms with Gasteiger partial charge in [0.15, 0.2) is 0 Å². The van der Waals surface area contributed by atoms with Crippen LogP contribution in [-0.4, -0.2) is 9.13 Å². The highest BCUT2D eigenvalue weighted by atomic mass is 16.3. The number of aromatic nitrogens is 2. The van der Waals surface area contributed by atoms with Gasteiger partial charge in [0.25, 0.3) is 0 Å². The number of benzene rings is 8. The predicted octanol–water partition coefficient (Wildman–Crippen LogP) is 12.9. The lowest BCUT2D eigenvalue weighted by molar-refractivity contribution is 0.673. The highest BCUT2D eigenvalue weighted by Crippen LogP contribution is 2.42. The summed E-state index contributed by atoms with van der Waals surface area (Å²) in [7, 11) is 0. The normalized spacial score (nSPS) is 11.6. The van der Waals surface area contributed by atoms with Crippen LogP contribution in [0.2, 0.25) is 0 Å². The molecule has 0 saturated carbocycles. The Labute approximate surface area is 315 Å². The third-order valence-corrected chi connectivity index (χ3v) is 10.9. The number of hydrogen-bond acceptors (Lipinski definition) is 3. The summed E-state index contributed by atoms with van der Waals surface area (Å²) in [6.45, 7) is 0. The monoisotopic (exact) mass is 700 g/mol. The number of fused-ring (bicyclic) bond motifs is 10. The van der Waals surface area contributed by atoms with Gasteiger partial charge in [-0.3, -0.25) is 0 Å². The van der Waals surface area contributed by atoms with E-state index in [1.54, 1.807) is 0 Å². The van der Waals surface area contributed by atoms with E-state index in [0.29, 0.717) is 11.1 Å². The number of hydrogen-bond donors (Lipinski definition) is 0. The van der Waals surface area contributed by atoms with Gasteiger partial charge in [0.1, 0.15) is 11.2 Å². The van der Waals surface area contributed by atoms with E-state index >= 15 is 0 Å². The molecule has 55 heavy (non-hydrogen) atoms. The molecule has 0 bridgehead atoms. The zero-order valence-electron chi connectivity index (χ0n) is 29.4. The number of furan rings is 1. The second kappa shape index (κ2) is 11.8. The van der Waals surface area contributed by atoms with Gasteiger partial charge < -0.3 is 13.6 Å². The van der Waals surface area contributed by atoms with E-state index in [4.69, 9.17) is 4.42 Å². The lowest BCUT2D eigenvalue weighted by Crippen LogP contribution is -1.97. The molecule has 5 nitrogen and oxygen atoms in total. The highest BCUT2D eigenvalue weighted by molar-refractivity contribution is 6.24. The fraction of sp³-hybridized carbons (Fsp3) is 0. The third-order valence-electron chi connectivity index (χ3n) is 10.9. The summed E-state index contributed by atoms with van der Waals surface area (Å²) in [6, 6.07) is 63.1. The number of para-hydroxylation sites is 3. The molecule has 0 unspecified atom stereocenters. The van der Waals surface area contributed by atoms with Crippen LogP contribution in [0.25, 0.3) is 99.2 Å². The third kappa shape index (κ3) is 4.58. The summed E-state index contributed by atoms with van der Waals surface area (Å²) < 4.78 is 11.1. The first-order chi connectivity index (χ1) is 27.2. The van der Waals surface area contributed by atoms with E-state index in [9.17, 15) is 10.5 Å². The predicted molar refractivity (Wildman–Crippen MR) is 223 cm³/mol. The van der Waals surface area contributed by atoms with Crippen LogP contribution in [0.5, 0.6) is 0 Å². The quantitative estimate of drug-likeness (QED) is 0.183. The van der Waals surface area contributed by atoms with E-state index in [1.165, 1.54) is 10.8 Å². The molecule has 0 spiro atoms. The Hall–Kier alpha value is -7.86. The standard InChI is InChI=1S/C50H28N4O/c51-29-31-20-22-46-43(26-31)49-47(23-21-42-41-16-5-8-19-48(41)55-50(42)49)53(46)35-11-9-10-33(27-35)37-12-1-2-13-38(37)34-24-32(30-52)25-36(28-34)54-44-17-6-3-14-39(44)40-15-4-7-18-45(40)54/h1-28H. The minimum absolute atomic E-state index is 0.594. The van der Waals surface area contributed by atoms with Crippen molar-refractivity contribution in [2.75, 3.05) is 0 Å². The zero-order chi connectivity index (χ0) is 36.6. The average molecular weight is 701 g/mol. The topological polar surface area (TPSA) is 70.6 Å². The average Bonchev–Trinajstić information content (AvgIpc) is 3.91. The van der Waals surface area contributed by atoms with Gasteiger partial charge in [-0.2, -0.15) is 10.5 Å². The summed E-state index contributed by atoms with van der Waals surface area (Å²) in [5.74, 6) is 0. The van der Waals surface area contributed by atoms with Crippen LogP contribution >= 0.6 is 0 Å². The number of nitriles is 2. The fourth-order valence-electron chi connectivity index (χ4n) is 8.59. The fourth-order valence-corrected chi connectivity index (χ4v) is 8.59. The summed E-state index contributed by atoms with van der Waals surface area (Å²) >= 11 is 0. The van der Waals surface area contributed by atoms with Crippen LogP contribution in [0.1, 0.15) is 11.1 Å². The summed E-state index contributed by atoms with van der Waals surface area (Å²) in [5, 5.41) is 26.6. The molecule has 254 valence electrons. The molecule has 0 aliphatic heterocycles. The number of nitrogens with zero attached hydrogens (tertiary/aromatic N) is 4. The first-order valence-corrected chi connectivity index (χ1v) is 18.2. The molecule has 0 saturated heterocycles. The molecule has 5 heteroatoms. The highest BCUT2D eigenvalue weighted by Gasteiger charge is 2.20. The van der Waals surface area contributed by atoms with E-state index in [-0.39, 0.29) is 0 Å². The van der Waals surface area contributed by atoms with E-state index in [1.807, 2.05) is 48.5 Å². The van der Waals surface area contributed by atoms with E-state index in [2.05, 4.69) is 143 Å². The van der Waals surface area contributed by atoms with Gasteiger partial charge in [0, 0.05) is 38.3 Å². The molecule has 0 radical (unpaired) electrons. The lowest BCUT2D eigenvalue weighted by atomic mass is 9.93. The summed E-state index contributed by atoms with van der Waals surface area (Å²) in [6.07, 6.45) is 0. The summed E-state index contributed by atoms with van der Waals surface area (Å²) in [4.78, 5) is 0. The van der Waals surface area contributed by atoms with Crippen molar-refractivity contribution < 1.29 is 4.42 Å². The first-order valence-electron chi connectivity index (χ1n) is 18.2. The second-order valence-corrected chi connectivity index (χ2v) is 14.0. The van der Waals surface area contributed by atoms with Crippen molar-refractivity contribution >= 4 is 65.6 Å². The minimum atomic E-state index is 0.594. The molecular formula is C50H28N4O. The van der Waals surface area contributed by atoms with Crippen molar-refractivity contribution in [2.24, 2.45) is 0 Å². The van der Waals surface area contributed by atoms with Gasteiger partial charge in [-0.15, -0.1) is 0 Å². The Morgan fingerprint density at radius 3 is 1.78 bits per heavy atom. The molecule has 0 aliphatic carbocycles. The molecule has 0 fully saturated rings. The Morgan fingerprint density at radius 2 is 1.02 bits per heavy atom. The Bertz CT molecular complexity index is 3420. The van der Waals surface area contributed by atoms with Gasteiger partial charge >= 0.3 is 0 Å². The second-order valence-electron chi connectivity index (χ2n) is 14.0. The van der Waals surface area contributed by atoms with Crippen LogP contribution < -0.4 is 0 Å². The van der Waals surface area contributed by atoms with Crippen LogP contribution in [-0.2, 0) is 0 Å². The molecule has 0 atom stereocenters. The van der Waals surface area contributed by atoms with Gasteiger partial charge in [-0.05, 0) is 101 Å². The molecule has 3 heterocycles. The van der Waals surface area contributed by atoms with Crippen LogP contribution in [0, 0.1) is 22.7 Å². The lowest BCUT2D eigenvalue weighted by Gasteiger charge is -2.15. The van der Waals surface area contributed by atoms with Crippen molar-refractivity contribution in [1.82, 2.24) is 9.13 Å². The van der Waals surface area contributed by atoms with Crippen LogP contribution in [0.4, 0.5) is 0 Å². The largest absolute Gasteiger partial charge is 0.455 e. The molecule has 0 amide bonds. The van der Waals surface area contributed by atoms with E-state index < -0.39 is 0 Å². The maximum atomic E-state index is 10.3. The SMILES string of the molecule is N#Cc1cc(-c2ccccc2-c2cccc(-n3c4ccc(C#N)cc4c4c5oc6ccccc6c5ccc43)c2)cc(-n2c3ccccc3c3ccccc32)c1. The zero-order valence-corrected chi connectivity index (χ0v) is 29.4. The summed E-state index contributed by atoms with van der Waals surface area (Å²) in [5.41, 5.74) is 13.0. The molecule has 11 rings (SSSR count).